The largest absolute Gasteiger partial charge is 0.338 e. The summed E-state index contributed by atoms with van der Waals surface area (Å²) in [6, 6.07) is 9.73. The molecule has 0 aliphatic carbocycles. The molecule has 1 saturated heterocycles. The number of amides is 3. The summed E-state index contributed by atoms with van der Waals surface area (Å²) in [6.45, 7) is 8.83. The molecule has 1 atom stereocenters. The van der Waals surface area contributed by atoms with Crippen molar-refractivity contribution < 1.29 is 9.59 Å². The first-order valence-corrected chi connectivity index (χ1v) is 9.81. The number of nitrogens with one attached hydrogen (secondary N) is 2. The van der Waals surface area contributed by atoms with Crippen LogP contribution in [0, 0.1) is 0 Å². The zero-order valence-corrected chi connectivity index (χ0v) is 15.8. The van der Waals surface area contributed by atoms with Gasteiger partial charge in [-0.15, -0.1) is 11.8 Å². The topological polar surface area (TPSA) is 64.7 Å². The average molecular weight is 365 g/mol. The maximum atomic E-state index is 12.1. The molecule has 3 amide bonds. The Morgan fingerprint density at radius 1 is 1.16 bits per heavy atom. The van der Waals surface area contributed by atoms with Crippen molar-refractivity contribution in [2.45, 2.75) is 24.8 Å². The zero-order chi connectivity index (χ0) is 18.1. The van der Waals surface area contributed by atoms with Crippen LogP contribution < -0.4 is 10.6 Å². The Balaban J connectivity index is 1.66. The summed E-state index contributed by atoms with van der Waals surface area (Å²) in [5.41, 5.74) is 0. The summed E-state index contributed by atoms with van der Waals surface area (Å²) >= 11 is 1.87. The fourth-order valence-corrected chi connectivity index (χ4v) is 3.71. The lowest BCUT2D eigenvalue weighted by Gasteiger charge is -2.37. The van der Waals surface area contributed by atoms with E-state index in [4.69, 9.17) is 0 Å². The molecule has 1 aromatic carbocycles. The minimum Gasteiger partial charge on any atom is -0.338 e. The summed E-state index contributed by atoms with van der Waals surface area (Å²) in [7, 11) is 0. The normalized spacial score (nSPS) is 17.0. The van der Waals surface area contributed by atoms with Crippen LogP contribution in [0.3, 0.4) is 0 Å². The van der Waals surface area contributed by atoms with Crippen molar-refractivity contribution >= 4 is 23.7 Å². The van der Waals surface area contributed by atoms with Crippen molar-refractivity contribution in [1.82, 2.24) is 20.4 Å². The van der Waals surface area contributed by atoms with Gasteiger partial charge in [-0.2, -0.15) is 0 Å². The van der Waals surface area contributed by atoms with Crippen LogP contribution in [0.2, 0.25) is 0 Å². The van der Waals surface area contributed by atoms with Crippen LogP contribution in [-0.4, -0.2) is 72.8 Å². The number of carbonyl (C=O) groups excluding carboxylic acids is 2. The van der Waals surface area contributed by atoms with Gasteiger partial charge in [0.25, 0.3) is 0 Å². The van der Waals surface area contributed by atoms with Gasteiger partial charge < -0.3 is 5.32 Å². The van der Waals surface area contributed by atoms with Crippen LogP contribution in [-0.2, 0) is 4.79 Å². The fourth-order valence-electron chi connectivity index (χ4n) is 2.77. The highest BCUT2D eigenvalue weighted by Crippen LogP contribution is 2.17. The van der Waals surface area contributed by atoms with Crippen molar-refractivity contribution in [1.29, 1.82) is 0 Å². The molecule has 0 spiro atoms. The number of piperazine rings is 1. The summed E-state index contributed by atoms with van der Waals surface area (Å²) in [5.74, 6) is 0.830. The van der Waals surface area contributed by atoms with Crippen molar-refractivity contribution in [3.05, 3.63) is 30.3 Å². The van der Waals surface area contributed by atoms with Gasteiger partial charge in [0.1, 0.15) is 0 Å². The van der Waals surface area contributed by atoms with E-state index in [1.54, 1.807) is 0 Å². The number of nitrogens with zero attached hydrogens (tertiary/aromatic N) is 2. The number of rotatable bonds is 7. The third-order valence-electron chi connectivity index (χ3n) is 4.33. The fraction of sp³-hybridized carbons (Fsp3) is 0.556. The first-order valence-electron chi connectivity index (χ1n) is 8.83. The molecule has 0 bridgehead atoms. The van der Waals surface area contributed by atoms with Gasteiger partial charge in [-0.25, -0.2) is 4.79 Å². The Morgan fingerprint density at radius 3 is 2.48 bits per heavy atom. The third kappa shape index (κ3) is 6.68. The Hall–Kier alpha value is -1.57. The average Bonchev–Trinajstić information content (AvgIpc) is 2.63. The van der Waals surface area contributed by atoms with Crippen LogP contribution >= 0.6 is 11.8 Å². The van der Waals surface area contributed by atoms with E-state index in [0.29, 0.717) is 6.54 Å². The lowest BCUT2D eigenvalue weighted by molar-refractivity contribution is -0.125. The second kappa shape index (κ2) is 10.4. The van der Waals surface area contributed by atoms with Crippen molar-refractivity contribution in [3.63, 3.8) is 0 Å². The van der Waals surface area contributed by atoms with E-state index >= 15 is 0 Å². The number of benzene rings is 1. The van der Waals surface area contributed by atoms with Crippen molar-refractivity contribution in [2.24, 2.45) is 0 Å². The van der Waals surface area contributed by atoms with Gasteiger partial charge in [-0.1, -0.05) is 18.2 Å². The molecule has 0 unspecified atom stereocenters. The molecular formula is C18H28N4O2S. The molecule has 7 heteroatoms. The number of imide groups is 1. The predicted molar refractivity (Wildman–Crippen MR) is 102 cm³/mol. The molecule has 0 saturated carbocycles. The molecule has 1 aliphatic rings. The highest BCUT2D eigenvalue weighted by Gasteiger charge is 2.26. The number of urea groups is 1. The summed E-state index contributed by atoms with van der Waals surface area (Å²) in [6.07, 6.45) is 0. The minimum absolute atomic E-state index is 0.237. The molecule has 0 radical (unpaired) electrons. The van der Waals surface area contributed by atoms with Crippen molar-refractivity contribution in [3.8, 4) is 0 Å². The predicted octanol–water partition coefficient (Wildman–Crippen LogP) is 1.63. The molecule has 1 aromatic rings. The smallest absolute Gasteiger partial charge is 0.321 e. The van der Waals surface area contributed by atoms with E-state index < -0.39 is 6.03 Å². The van der Waals surface area contributed by atoms with Crippen LogP contribution in [0.25, 0.3) is 0 Å². The van der Waals surface area contributed by atoms with Gasteiger partial charge in [-0.3, -0.25) is 19.9 Å². The lowest BCUT2D eigenvalue weighted by atomic mass is 10.2. The molecule has 1 aliphatic heterocycles. The maximum absolute atomic E-state index is 12.1. The zero-order valence-electron chi connectivity index (χ0n) is 15.0. The highest BCUT2D eigenvalue weighted by molar-refractivity contribution is 7.99. The van der Waals surface area contributed by atoms with E-state index in [9.17, 15) is 9.59 Å². The Labute approximate surface area is 154 Å². The van der Waals surface area contributed by atoms with Crippen molar-refractivity contribution in [2.75, 3.05) is 45.0 Å². The Bertz CT molecular complexity index is 547. The molecule has 6 nitrogen and oxygen atoms in total. The van der Waals surface area contributed by atoms with E-state index in [2.05, 4.69) is 44.7 Å². The van der Waals surface area contributed by atoms with Gasteiger partial charge >= 0.3 is 6.03 Å². The maximum Gasteiger partial charge on any atom is 0.321 e. The number of carbonyl (C=O) groups is 2. The number of thioether (sulfide) groups is 1. The molecule has 1 fully saturated rings. The first kappa shape index (κ1) is 19.8. The minimum atomic E-state index is -0.420. The molecule has 25 heavy (non-hydrogen) atoms. The molecule has 2 N–H and O–H groups in total. The lowest BCUT2D eigenvalue weighted by Crippen LogP contribution is -2.55. The number of hydrogen-bond donors (Lipinski definition) is 2. The van der Waals surface area contributed by atoms with E-state index in [0.717, 1.165) is 38.5 Å². The summed E-state index contributed by atoms with van der Waals surface area (Å²) in [4.78, 5) is 29.4. The third-order valence-corrected chi connectivity index (χ3v) is 5.32. The van der Waals surface area contributed by atoms with Gasteiger partial charge in [0.15, 0.2) is 0 Å². The van der Waals surface area contributed by atoms with Crippen LogP contribution in [0.5, 0.6) is 0 Å². The standard InChI is InChI=1S/C18H28N4O2S/c1-3-19-18(24)20-17(23)15(2)22-11-9-21(10-12-22)13-14-25-16-7-5-4-6-8-16/h4-8,15H,3,9-14H2,1-2H3,(H2,19,20,23,24)/t15-/m1/s1. The molecule has 2 rings (SSSR count). The second-order valence-corrected chi connectivity index (χ2v) is 7.23. The molecular weight excluding hydrogens is 336 g/mol. The van der Waals surface area contributed by atoms with Crippen LogP contribution in [0.4, 0.5) is 4.79 Å². The Morgan fingerprint density at radius 2 is 1.84 bits per heavy atom. The SMILES string of the molecule is CCNC(=O)NC(=O)[C@@H](C)N1CCN(CCSc2ccccc2)CC1. The van der Waals surface area contributed by atoms with E-state index in [1.807, 2.05) is 31.7 Å². The highest BCUT2D eigenvalue weighted by atomic mass is 32.2. The van der Waals surface area contributed by atoms with Gasteiger partial charge in [0.2, 0.25) is 5.91 Å². The van der Waals surface area contributed by atoms with Gasteiger partial charge in [0.05, 0.1) is 6.04 Å². The molecule has 138 valence electrons. The second-order valence-electron chi connectivity index (χ2n) is 6.06. The van der Waals surface area contributed by atoms with E-state index in [-0.39, 0.29) is 11.9 Å². The molecule has 1 heterocycles. The van der Waals surface area contributed by atoms with Gasteiger partial charge in [-0.05, 0) is 26.0 Å². The van der Waals surface area contributed by atoms with Crippen LogP contribution in [0.1, 0.15) is 13.8 Å². The van der Waals surface area contributed by atoms with Gasteiger partial charge in [0, 0.05) is 49.9 Å². The first-order chi connectivity index (χ1) is 12.1. The van der Waals surface area contributed by atoms with E-state index in [1.165, 1.54) is 4.90 Å². The summed E-state index contributed by atoms with van der Waals surface area (Å²) in [5, 5.41) is 4.97. The monoisotopic (exact) mass is 364 g/mol. The number of hydrogen-bond acceptors (Lipinski definition) is 5. The quantitative estimate of drug-likeness (QED) is 0.720. The van der Waals surface area contributed by atoms with Crippen LogP contribution in [0.15, 0.2) is 35.2 Å². The Kier molecular flexibility index (Phi) is 8.24. The summed E-state index contributed by atoms with van der Waals surface area (Å²) < 4.78 is 0. The molecule has 0 aromatic heterocycles.